The number of Topliss-reactive ketones (excluding diaryl/α,β-unsaturated/α-hetero) is 1. The average Bonchev–Trinajstić information content (AvgIpc) is 2.46. The summed E-state index contributed by atoms with van der Waals surface area (Å²) < 4.78 is 14.3. The molecule has 6 nitrogen and oxygen atoms in total. The highest BCUT2D eigenvalue weighted by Gasteiger charge is 2.22. The Kier molecular flexibility index (Phi) is 7.84. The van der Waals surface area contributed by atoms with Gasteiger partial charge >= 0.3 is 12.0 Å². The number of carbonyl (C=O) groups is 3. The van der Waals surface area contributed by atoms with Crippen molar-refractivity contribution < 1.29 is 23.9 Å². The van der Waals surface area contributed by atoms with Gasteiger partial charge in [0.2, 0.25) is 0 Å². The van der Waals surface area contributed by atoms with E-state index in [0.717, 1.165) is 0 Å². The van der Waals surface area contributed by atoms with E-state index < -0.39 is 23.9 Å². The van der Waals surface area contributed by atoms with E-state index in [1.165, 1.54) is 12.1 Å². The van der Waals surface area contributed by atoms with Gasteiger partial charge < -0.3 is 15.7 Å². The lowest BCUT2D eigenvalue weighted by molar-refractivity contribution is -0.138. The zero-order chi connectivity index (χ0) is 18.3. The maximum Gasteiger partial charge on any atom is 0.319 e. The van der Waals surface area contributed by atoms with Gasteiger partial charge in [0.25, 0.3) is 0 Å². The van der Waals surface area contributed by atoms with Crippen molar-refractivity contribution in [2.24, 2.45) is 5.92 Å². The minimum Gasteiger partial charge on any atom is -0.481 e. The van der Waals surface area contributed by atoms with Gasteiger partial charge in [-0.2, -0.15) is 0 Å². The molecule has 3 N–H and O–H groups in total. The van der Waals surface area contributed by atoms with Gasteiger partial charge in [0.05, 0.1) is 18.2 Å². The van der Waals surface area contributed by atoms with Crippen molar-refractivity contribution in [3.8, 4) is 0 Å². The summed E-state index contributed by atoms with van der Waals surface area (Å²) in [4.78, 5) is 34.7. The van der Waals surface area contributed by atoms with Gasteiger partial charge in [0.1, 0.15) is 5.82 Å². The molecule has 0 saturated carbocycles. The van der Waals surface area contributed by atoms with E-state index in [-0.39, 0.29) is 30.2 Å². The Labute approximate surface area is 147 Å². The normalized spacial score (nSPS) is 11.9. The van der Waals surface area contributed by atoms with Crippen LogP contribution in [0.2, 0.25) is 0 Å². The van der Waals surface area contributed by atoms with Crippen molar-refractivity contribution in [2.45, 2.75) is 39.2 Å². The number of benzene rings is 1. The third kappa shape index (κ3) is 7.08. The van der Waals surface area contributed by atoms with Crippen LogP contribution < -0.4 is 10.6 Å². The molecule has 0 heterocycles. The molecule has 0 fully saturated rings. The van der Waals surface area contributed by atoms with Gasteiger partial charge in [-0.25, -0.2) is 9.18 Å². The molecule has 0 spiro atoms. The number of amides is 2. The molecule has 0 bridgehead atoms. The molecule has 0 aliphatic carbocycles. The number of halogens is 2. The number of rotatable bonds is 8. The van der Waals surface area contributed by atoms with Crippen molar-refractivity contribution in [1.82, 2.24) is 5.32 Å². The van der Waals surface area contributed by atoms with Crippen molar-refractivity contribution in [1.29, 1.82) is 0 Å². The number of hydrogen-bond donors (Lipinski definition) is 3. The first-order valence-corrected chi connectivity index (χ1v) is 8.25. The third-order valence-corrected chi connectivity index (χ3v) is 3.66. The number of anilines is 1. The molecule has 2 amide bonds. The van der Waals surface area contributed by atoms with E-state index in [9.17, 15) is 18.8 Å². The number of hydrogen-bond acceptors (Lipinski definition) is 3. The second-order valence-electron chi connectivity index (χ2n) is 5.76. The van der Waals surface area contributed by atoms with Crippen LogP contribution in [0.5, 0.6) is 0 Å². The third-order valence-electron chi connectivity index (χ3n) is 3.17. The van der Waals surface area contributed by atoms with Crippen LogP contribution in [0.3, 0.4) is 0 Å². The van der Waals surface area contributed by atoms with E-state index in [0.29, 0.717) is 10.9 Å². The molecule has 1 aromatic rings. The number of nitrogens with one attached hydrogen (secondary N) is 2. The molecule has 0 saturated heterocycles. The van der Waals surface area contributed by atoms with Crippen LogP contribution in [0, 0.1) is 11.7 Å². The van der Waals surface area contributed by atoms with Gasteiger partial charge in [0.15, 0.2) is 5.78 Å². The average molecular weight is 403 g/mol. The summed E-state index contributed by atoms with van der Waals surface area (Å²) in [5.41, 5.74) is -0.0167. The largest absolute Gasteiger partial charge is 0.481 e. The number of carbonyl (C=O) groups excluding carboxylic acids is 2. The number of ketones is 1. The highest BCUT2D eigenvalue weighted by molar-refractivity contribution is 9.10. The fourth-order valence-corrected chi connectivity index (χ4v) is 2.39. The van der Waals surface area contributed by atoms with Crippen LogP contribution in [0.25, 0.3) is 0 Å². The van der Waals surface area contributed by atoms with Crippen molar-refractivity contribution >= 4 is 39.4 Å². The molecule has 0 aromatic heterocycles. The van der Waals surface area contributed by atoms with Gasteiger partial charge in [-0.15, -0.1) is 0 Å². The zero-order valence-corrected chi connectivity index (χ0v) is 15.0. The van der Waals surface area contributed by atoms with Crippen molar-refractivity contribution in [2.75, 3.05) is 5.32 Å². The van der Waals surface area contributed by atoms with Gasteiger partial charge in [-0.1, -0.05) is 29.8 Å². The van der Waals surface area contributed by atoms with Crippen LogP contribution in [0.15, 0.2) is 22.7 Å². The molecule has 132 valence electrons. The van der Waals surface area contributed by atoms with Crippen LogP contribution in [-0.4, -0.2) is 28.9 Å². The summed E-state index contributed by atoms with van der Waals surface area (Å²) in [7, 11) is 0. The Morgan fingerprint density at radius 2 is 1.92 bits per heavy atom. The maximum absolute atomic E-state index is 13.7. The summed E-state index contributed by atoms with van der Waals surface area (Å²) >= 11 is 3.12. The summed E-state index contributed by atoms with van der Waals surface area (Å²) in [6.07, 6.45) is -0.0909. The van der Waals surface area contributed by atoms with Crippen LogP contribution in [-0.2, 0) is 9.59 Å². The minimum absolute atomic E-state index is 0.0167. The molecule has 8 heteroatoms. The summed E-state index contributed by atoms with van der Waals surface area (Å²) in [5, 5.41) is 13.5. The molecule has 0 radical (unpaired) electrons. The van der Waals surface area contributed by atoms with Crippen molar-refractivity contribution in [3.05, 3.63) is 28.5 Å². The second-order valence-corrected chi connectivity index (χ2v) is 6.68. The van der Waals surface area contributed by atoms with E-state index in [2.05, 4.69) is 26.6 Å². The molecular formula is C16H20BrFN2O4. The fraction of sp³-hybridized carbons (Fsp3) is 0.438. The van der Waals surface area contributed by atoms with Gasteiger partial charge in [0, 0.05) is 10.9 Å². The molecule has 24 heavy (non-hydrogen) atoms. The minimum atomic E-state index is -1.08. The number of urea groups is 1. The SMILES string of the molecule is CC(C)C[C@H](NC(=O)Nc1ccc(Br)cc1F)C(=O)CCC(=O)O. The Morgan fingerprint density at radius 3 is 2.46 bits per heavy atom. The Balaban J connectivity index is 2.72. The lowest BCUT2D eigenvalue weighted by Gasteiger charge is -2.20. The molecule has 1 atom stereocenters. The van der Waals surface area contributed by atoms with Crippen LogP contribution >= 0.6 is 15.9 Å². The topological polar surface area (TPSA) is 95.5 Å². The van der Waals surface area contributed by atoms with Crippen LogP contribution in [0.4, 0.5) is 14.9 Å². The molecule has 1 aromatic carbocycles. The molecule has 1 rings (SSSR count). The summed E-state index contributed by atoms with van der Waals surface area (Å²) in [5.74, 6) is -1.93. The predicted molar refractivity (Wildman–Crippen MR) is 91.4 cm³/mol. The van der Waals surface area contributed by atoms with Crippen LogP contribution in [0.1, 0.15) is 33.1 Å². The summed E-state index contributed by atoms with van der Waals surface area (Å²) in [6, 6.07) is 2.64. The monoisotopic (exact) mass is 402 g/mol. The number of carboxylic acids is 1. The van der Waals surface area contributed by atoms with Gasteiger partial charge in [-0.05, 0) is 30.5 Å². The Bertz CT molecular complexity index is 622. The first kappa shape index (κ1) is 20.1. The number of carboxylic acid groups (broad SMARTS) is 1. The fourth-order valence-electron chi connectivity index (χ4n) is 2.05. The molecule has 0 aliphatic rings. The number of aliphatic carboxylic acids is 1. The van der Waals surface area contributed by atoms with Gasteiger partial charge in [-0.3, -0.25) is 9.59 Å². The first-order valence-electron chi connectivity index (χ1n) is 7.46. The molecular weight excluding hydrogens is 383 g/mol. The summed E-state index contributed by atoms with van der Waals surface area (Å²) in [6.45, 7) is 3.76. The smallest absolute Gasteiger partial charge is 0.319 e. The predicted octanol–water partition coefficient (Wildman–Crippen LogP) is 3.56. The Morgan fingerprint density at radius 1 is 1.25 bits per heavy atom. The second kappa shape index (κ2) is 9.36. The van der Waals surface area contributed by atoms with E-state index >= 15 is 0 Å². The molecule has 0 aliphatic heterocycles. The standard InChI is InChI=1S/C16H20BrFN2O4/c1-9(2)7-13(14(21)5-6-15(22)23)20-16(24)19-12-4-3-10(17)8-11(12)18/h3-4,8-9,13H,5-7H2,1-2H3,(H,22,23)(H2,19,20,24)/t13-/m0/s1. The van der Waals surface area contributed by atoms with Crippen molar-refractivity contribution in [3.63, 3.8) is 0 Å². The lowest BCUT2D eigenvalue weighted by Crippen LogP contribution is -2.44. The quantitative estimate of drug-likeness (QED) is 0.619. The van der Waals surface area contributed by atoms with E-state index in [1.54, 1.807) is 6.07 Å². The first-order chi connectivity index (χ1) is 11.2. The Hall–Kier alpha value is -1.96. The molecule has 0 unspecified atom stereocenters. The lowest BCUT2D eigenvalue weighted by atomic mass is 9.98. The highest BCUT2D eigenvalue weighted by Crippen LogP contribution is 2.19. The van der Waals surface area contributed by atoms with E-state index in [4.69, 9.17) is 5.11 Å². The van der Waals surface area contributed by atoms with E-state index in [1.807, 2.05) is 13.8 Å². The zero-order valence-electron chi connectivity index (χ0n) is 13.4. The maximum atomic E-state index is 13.7. The highest BCUT2D eigenvalue weighted by atomic mass is 79.9.